The van der Waals surface area contributed by atoms with Crippen molar-refractivity contribution in [1.82, 2.24) is 20.4 Å². The van der Waals surface area contributed by atoms with Gasteiger partial charge in [-0.2, -0.15) is 12.4 Å². The maximum Gasteiger partial charge on any atom is 0.192 e. The average molecular weight is 1040 g/mol. The van der Waals surface area contributed by atoms with Crippen LogP contribution in [0.15, 0.2) is 73.1 Å². The van der Waals surface area contributed by atoms with E-state index >= 15 is 0 Å². The van der Waals surface area contributed by atoms with Crippen molar-refractivity contribution in [3.05, 3.63) is 84.2 Å². The molecule has 0 bridgehead atoms. The quantitative estimate of drug-likeness (QED) is 0.228. The summed E-state index contributed by atoms with van der Waals surface area (Å²) in [6.07, 6.45) is 3.17. The predicted octanol–water partition coefficient (Wildman–Crippen LogP) is 5.11. The van der Waals surface area contributed by atoms with Crippen LogP contribution in [0.25, 0.3) is 0 Å². The first-order valence-electron chi connectivity index (χ1n) is 12.1. The maximum atomic E-state index is 9.41. The van der Waals surface area contributed by atoms with Crippen LogP contribution in [-0.4, -0.2) is 36.6 Å². The third kappa shape index (κ3) is 11.5. The van der Waals surface area contributed by atoms with Gasteiger partial charge < -0.3 is 29.9 Å². The fourth-order valence-corrected chi connectivity index (χ4v) is 2.89. The SMILES string of the molecule is CC.CC.CN(O)c1ccccc1COc1cc[n-]n1.CON(C)c1ccccc1COc1cc[n-]n1.[Rf].[Rf]. The summed E-state index contributed by atoms with van der Waals surface area (Å²) in [6.45, 7) is 8.78. The molecule has 2 aromatic heterocycles. The number of ether oxygens (including phenoxy) is 2. The van der Waals surface area contributed by atoms with E-state index in [9.17, 15) is 5.21 Å². The summed E-state index contributed by atoms with van der Waals surface area (Å²) in [4.78, 5) is 5.16. The average Bonchev–Trinajstić information content (AvgIpc) is 3.68. The number of aromatic nitrogens is 4. The third-order valence-corrected chi connectivity index (χ3v) is 4.58. The van der Waals surface area contributed by atoms with Gasteiger partial charge in [0.1, 0.15) is 13.2 Å². The van der Waals surface area contributed by atoms with Crippen LogP contribution in [0, 0.1) is 0 Å². The van der Waals surface area contributed by atoms with Crippen LogP contribution in [0.2, 0.25) is 0 Å². The summed E-state index contributed by atoms with van der Waals surface area (Å²) in [5.74, 6) is 1.01. The van der Waals surface area contributed by atoms with Crippen molar-refractivity contribution in [3.8, 4) is 11.8 Å². The molecule has 4 rings (SSSR count). The van der Waals surface area contributed by atoms with Crippen molar-refractivity contribution >= 4 is 11.4 Å². The number of anilines is 2. The molecule has 39 heavy (non-hydrogen) atoms. The summed E-state index contributed by atoms with van der Waals surface area (Å²) in [5, 5.41) is 27.1. The van der Waals surface area contributed by atoms with E-state index < -0.39 is 0 Å². The zero-order valence-electron chi connectivity index (χ0n) is 24.1. The molecular formula is C27H38N6O4Rf2-2. The van der Waals surface area contributed by atoms with Crippen molar-refractivity contribution in [3.63, 3.8) is 0 Å². The number of hydrogen-bond acceptors (Lipinski definition) is 8. The van der Waals surface area contributed by atoms with Gasteiger partial charge in [0, 0.05) is 25.2 Å². The second-order valence-corrected chi connectivity index (χ2v) is 6.78. The van der Waals surface area contributed by atoms with Gasteiger partial charge in [-0.15, -0.1) is 0 Å². The van der Waals surface area contributed by atoms with Crippen molar-refractivity contribution in [2.45, 2.75) is 40.9 Å². The molecule has 4 aromatic rings. The molecule has 2 heterocycles. The van der Waals surface area contributed by atoms with E-state index in [0.29, 0.717) is 30.7 Å². The van der Waals surface area contributed by atoms with E-state index in [0.717, 1.165) is 21.9 Å². The Labute approximate surface area is 219 Å². The molecule has 0 unspecified atom stereocenters. The second-order valence-electron chi connectivity index (χ2n) is 6.78. The minimum atomic E-state index is 0. The van der Waals surface area contributed by atoms with E-state index in [1.807, 2.05) is 83.3 Å². The summed E-state index contributed by atoms with van der Waals surface area (Å²) >= 11 is 0. The summed E-state index contributed by atoms with van der Waals surface area (Å²) < 4.78 is 10.9. The predicted molar refractivity (Wildman–Crippen MR) is 145 cm³/mol. The third-order valence-electron chi connectivity index (χ3n) is 4.58. The van der Waals surface area contributed by atoms with Gasteiger partial charge in [-0.25, -0.2) is 0 Å². The molecule has 0 atom stereocenters. The number of rotatable bonds is 9. The molecule has 0 spiro atoms. The monoisotopic (exact) mass is 1040 g/mol. The molecular weight excluding hydrogens is 1010 g/mol. The smallest absolute Gasteiger partial charge is 0.192 e. The first-order valence-corrected chi connectivity index (χ1v) is 12.1. The van der Waals surface area contributed by atoms with Crippen LogP contribution >= 0.6 is 0 Å². The van der Waals surface area contributed by atoms with Crippen LogP contribution in [0.5, 0.6) is 11.8 Å². The van der Waals surface area contributed by atoms with Crippen molar-refractivity contribution in [2.24, 2.45) is 0 Å². The summed E-state index contributed by atoms with van der Waals surface area (Å²) in [7, 11) is 5.04. The van der Waals surface area contributed by atoms with E-state index in [2.05, 4.69) is 20.4 Å². The zero-order valence-corrected chi connectivity index (χ0v) is 36.9. The van der Waals surface area contributed by atoms with Crippen LogP contribution in [-0.2, 0) is 18.1 Å². The molecule has 10 nitrogen and oxygen atoms in total. The molecule has 0 aliphatic carbocycles. The fraction of sp³-hybridized carbons (Fsp3) is 0.333. The topological polar surface area (TPSA) is 108 Å². The van der Waals surface area contributed by atoms with E-state index in [1.54, 1.807) is 43.7 Å². The molecule has 0 fully saturated rings. The molecule has 1 N–H and O–H groups in total. The van der Waals surface area contributed by atoms with E-state index in [1.165, 1.54) is 0 Å². The number of benzene rings is 2. The Hall–Kier alpha value is -6.02. The van der Waals surface area contributed by atoms with Gasteiger partial charge in [0.2, 0.25) is 0 Å². The largest absolute Gasteiger partial charge is 0.579 e. The Morgan fingerprint density at radius 2 is 1.10 bits per heavy atom. The summed E-state index contributed by atoms with van der Waals surface area (Å²) in [5.41, 5.74) is 3.59. The molecule has 2 aromatic carbocycles. The van der Waals surface area contributed by atoms with Gasteiger partial charge in [-0.3, -0.25) is 20.2 Å². The number of hydrogen-bond donors (Lipinski definition) is 1. The number of para-hydroxylation sites is 2. The van der Waals surface area contributed by atoms with Crippen molar-refractivity contribution < 1.29 is 19.5 Å². The molecule has 0 radical (unpaired) electrons. The first-order chi connectivity index (χ1) is 18.1. The van der Waals surface area contributed by atoms with Gasteiger partial charge in [0.05, 0.1) is 18.5 Å². The molecule has 0 aliphatic heterocycles. The second kappa shape index (κ2) is 20.2. The molecule has 206 valence electrons. The molecule has 0 aliphatic rings. The Morgan fingerprint density at radius 3 is 1.49 bits per heavy atom. The molecule has 0 saturated heterocycles. The Bertz CT molecular complexity index is 1080. The summed E-state index contributed by atoms with van der Waals surface area (Å²) in [6, 6.07) is 18.7. The van der Waals surface area contributed by atoms with Gasteiger partial charge in [-0.1, -0.05) is 64.1 Å². The molecule has 0 saturated carbocycles. The van der Waals surface area contributed by atoms with Crippen LogP contribution in [0.3, 0.4) is 0 Å². The van der Waals surface area contributed by atoms with E-state index in [4.69, 9.17) is 14.3 Å². The normalized spacial score (nSPS) is 8.92. The standard InChI is InChI=1S/C12H14N3O2.C11H12N3O2.2C2H6.2Rf/c1-15(16-2)11-6-4-3-5-10(11)9-17-12-7-8-13-14-12;1-14(15)10-5-3-2-4-9(10)8-16-11-6-7-12-13-11;2*1-2;;/h3-8H,9H2,1-2H3;2-7,15H,8H2,1H3;2*1-2H3;;/q2*-1;;;;. The minimum absolute atomic E-state index is 0. The first kappa shape index (κ1) is 35.1. The van der Waals surface area contributed by atoms with Gasteiger partial charge in [0.25, 0.3) is 0 Å². The van der Waals surface area contributed by atoms with Gasteiger partial charge in [0.15, 0.2) is 11.8 Å². The number of hydroxylamine groups is 2. The Morgan fingerprint density at radius 1 is 0.692 bits per heavy atom. The van der Waals surface area contributed by atoms with Crippen LogP contribution in [0.4, 0.5) is 11.4 Å². The Balaban J connectivity index is 0. The molecule has 12 heteroatoms. The van der Waals surface area contributed by atoms with E-state index in [-0.39, 0.29) is 0 Å². The molecule has 0 amide bonds. The van der Waals surface area contributed by atoms with Gasteiger partial charge >= 0.3 is 0 Å². The van der Waals surface area contributed by atoms with Gasteiger partial charge in [-0.05, 0) is 24.3 Å². The zero-order chi connectivity index (χ0) is 27.5. The van der Waals surface area contributed by atoms with Crippen molar-refractivity contribution in [2.75, 3.05) is 31.3 Å². The van der Waals surface area contributed by atoms with Crippen LogP contribution in [0.1, 0.15) is 38.8 Å². The minimum Gasteiger partial charge on any atom is -0.579 e. The Kier molecular flexibility index (Phi) is 18.2. The fourth-order valence-electron chi connectivity index (χ4n) is 2.89. The van der Waals surface area contributed by atoms with Crippen molar-refractivity contribution in [1.29, 1.82) is 0 Å². The van der Waals surface area contributed by atoms with Crippen LogP contribution < -0.4 is 29.8 Å². The number of nitrogens with zero attached hydrogens (tertiary/aromatic N) is 6. The maximum absolute atomic E-state index is 9.41.